The molecule has 5 heteroatoms. The minimum atomic E-state index is -1.00. The Hall–Kier alpha value is -3.44. The molecule has 0 bridgehead atoms. The topological polar surface area (TPSA) is 75.6 Å². The van der Waals surface area contributed by atoms with Crippen LogP contribution in [0.15, 0.2) is 72.8 Å². The van der Waals surface area contributed by atoms with Crippen LogP contribution in [0.5, 0.6) is 0 Å². The van der Waals surface area contributed by atoms with Crippen LogP contribution in [-0.4, -0.2) is 29.7 Å². The molecule has 5 rings (SSSR count). The Morgan fingerprint density at radius 3 is 2.07 bits per heavy atom. The standard InChI is InChI=1S/C25H21NO4/c27-24(28)23-16-8-2-1-7-15(16)13-22(26-23)25(29)30-14-21-19-11-5-3-9-17(19)18-10-4-6-12-20(18)21/h1-12,21-23,26H,13-14H2,(H,27,28)/t22-,23+/m0/s1. The van der Waals surface area contributed by atoms with Gasteiger partial charge in [-0.2, -0.15) is 0 Å². The molecule has 5 nitrogen and oxygen atoms in total. The van der Waals surface area contributed by atoms with Crippen molar-refractivity contribution in [2.45, 2.75) is 24.4 Å². The second kappa shape index (κ2) is 7.43. The molecule has 1 aliphatic heterocycles. The average Bonchev–Trinajstić information content (AvgIpc) is 3.10. The maximum Gasteiger partial charge on any atom is 0.325 e. The number of carboxylic acids is 1. The predicted octanol–water partition coefficient (Wildman–Crippen LogP) is 3.68. The van der Waals surface area contributed by atoms with Gasteiger partial charge in [0.1, 0.15) is 18.7 Å². The van der Waals surface area contributed by atoms with E-state index in [9.17, 15) is 14.7 Å². The van der Waals surface area contributed by atoms with Crippen LogP contribution in [0.1, 0.15) is 34.2 Å². The molecule has 0 amide bonds. The van der Waals surface area contributed by atoms with Crippen LogP contribution in [0.4, 0.5) is 0 Å². The van der Waals surface area contributed by atoms with Crippen LogP contribution in [-0.2, 0) is 20.7 Å². The Bertz CT molecular complexity index is 1090. The third-order valence-electron chi connectivity index (χ3n) is 6.04. The molecular weight excluding hydrogens is 378 g/mol. The molecule has 0 fully saturated rings. The van der Waals surface area contributed by atoms with Crippen molar-refractivity contribution in [2.75, 3.05) is 6.61 Å². The molecule has 2 aliphatic rings. The number of hydrogen-bond acceptors (Lipinski definition) is 4. The molecule has 0 unspecified atom stereocenters. The van der Waals surface area contributed by atoms with Gasteiger partial charge in [0, 0.05) is 5.92 Å². The quantitative estimate of drug-likeness (QED) is 0.655. The number of rotatable bonds is 4. The molecule has 0 saturated heterocycles. The molecule has 2 N–H and O–H groups in total. The van der Waals surface area contributed by atoms with Gasteiger partial charge in [-0.15, -0.1) is 0 Å². The number of aliphatic carboxylic acids is 1. The molecule has 3 aromatic carbocycles. The minimum Gasteiger partial charge on any atom is -0.480 e. The van der Waals surface area contributed by atoms with Crippen molar-refractivity contribution >= 4 is 11.9 Å². The normalized spacial score (nSPS) is 19.5. The fourth-order valence-electron chi connectivity index (χ4n) is 4.63. The van der Waals surface area contributed by atoms with Crippen LogP contribution in [0, 0.1) is 0 Å². The van der Waals surface area contributed by atoms with Crippen molar-refractivity contribution in [2.24, 2.45) is 0 Å². The molecule has 1 heterocycles. The zero-order valence-electron chi connectivity index (χ0n) is 16.2. The van der Waals surface area contributed by atoms with Gasteiger partial charge in [0.25, 0.3) is 0 Å². The van der Waals surface area contributed by atoms with Crippen LogP contribution < -0.4 is 5.32 Å². The number of nitrogens with one attached hydrogen (secondary N) is 1. The number of carboxylic acid groups (broad SMARTS) is 1. The van der Waals surface area contributed by atoms with Gasteiger partial charge in [-0.05, 0) is 39.8 Å². The number of fused-ring (bicyclic) bond motifs is 4. The van der Waals surface area contributed by atoms with Crippen molar-refractivity contribution in [3.05, 3.63) is 95.1 Å². The summed E-state index contributed by atoms with van der Waals surface area (Å²) < 4.78 is 5.73. The van der Waals surface area contributed by atoms with E-state index >= 15 is 0 Å². The first-order valence-electron chi connectivity index (χ1n) is 10.0. The zero-order chi connectivity index (χ0) is 20.7. The number of carbonyl (C=O) groups excluding carboxylic acids is 1. The first-order valence-corrected chi connectivity index (χ1v) is 10.0. The second-order valence-corrected chi connectivity index (χ2v) is 7.75. The molecule has 0 aromatic heterocycles. The lowest BCUT2D eigenvalue weighted by atomic mass is 9.90. The summed E-state index contributed by atoms with van der Waals surface area (Å²) in [6.45, 7) is 0.227. The monoisotopic (exact) mass is 399 g/mol. The molecule has 2 atom stereocenters. The summed E-state index contributed by atoms with van der Waals surface area (Å²) in [4.78, 5) is 24.6. The molecule has 1 aliphatic carbocycles. The number of carbonyl (C=O) groups is 2. The minimum absolute atomic E-state index is 0.0208. The highest BCUT2D eigenvalue weighted by Gasteiger charge is 2.36. The smallest absolute Gasteiger partial charge is 0.325 e. The van der Waals surface area contributed by atoms with Crippen molar-refractivity contribution in [3.63, 3.8) is 0 Å². The molecular formula is C25H21NO4. The Morgan fingerprint density at radius 2 is 1.43 bits per heavy atom. The molecule has 0 saturated carbocycles. The lowest BCUT2D eigenvalue weighted by Gasteiger charge is -2.30. The van der Waals surface area contributed by atoms with Crippen LogP contribution >= 0.6 is 0 Å². The summed E-state index contributed by atoms with van der Waals surface area (Å²) in [7, 11) is 0. The number of ether oxygens (including phenoxy) is 1. The third-order valence-corrected chi connectivity index (χ3v) is 6.04. The van der Waals surface area contributed by atoms with E-state index in [1.54, 1.807) is 6.07 Å². The van der Waals surface area contributed by atoms with Crippen molar-refractivity contribution < 1.29 is 19.4 Å². The van der Waals surface area contributed by atoms with Gasteiger partial charge in [0.05, 0.1) is 0 Å². The van der Waals surface area contributed by atoms with E-state index in [-0.39, 0.29) is 12.5 Å². The van der Waals surface area contributed by atoms with Crippen LogP contribution in [0.2, 0.25) is 0 Å². The maximum atomic E-state index is 12.9. The van der Waals surface area contributed by atoms with Crippen LogP contribution in [0.3, 0.4) is 0 Å². The van der Waals surface area contributed by atoms with E-state index in [4.69, 9.17) is 4.74 Å². The molecule has 30 heavy (non-hydrogen) atoms. The van der Waals surface area contributed by atoms with Crippen molar-refractivity contribution in [1.82, 2.24) is 5.32 Å². The largest absolute Gasteiger partial charge is 0.480 e. The fourth-order valence-corrected chi connectivity index (χ4v) is 4.63. The van der Waals surface area contributed by atoms with Gasteiger partial charge in [-0.1, -0.05) is 72.8 Å². The van der Waals surface area contributed by atoms with Gasteiger partial charge in [0.2, 0.25) is 0 Å². The van der Waals surface area contributed by atoms with Gasteiger partial charge >= 0.3 is 11.9 Å². The summed E-state index contributed by atoms with van der Waals surface area (Å²) >= 11 is 0. The van der Waals surface area contributed by atoms with E-state index in [1.165, 1.54) is 11.1 Å². The van der Waals surface area contributed by atoms with Gasteiger partial charge in [-0.3, -0.25) is 14.9 Å². The first kappa shape index (κ1) is 18.6. The Kier molecular flexibility index (Phi) is 4.60. The number of hydrogen-bond donors (Lipinski definition) is 2. The molecule has 0 spiro atoms. The number of esters is 1. The van der Waals surface area contributed by atoms with Gasteiger partial charge in [0.15, 0.2) is 0 Å². The second-order valence-electron chi connectivity index (χ2n) is 7.75. The maximum absolute atomic E-state index is 12.9. The summed E-state index contributed by atoms with van der Waals surface area (Å²) in [5.74, 6) is -1.44. The van der Waals surface area contributed by atoms with E-state index < -0.39 is 24.0 Å². The average molecular weight is 399 g/mol. The lowest BCUT2D eigenvalue weighted by molar-refractivity contribution is -0.148. The number of benzene rings is 3. The molecule has 0 radical (unpaired) electrons. The Balaban J connectivity index is 1.35. The summed E-state index contributed by atoms with van der Waals surface area (Å²) in [5, 5.41) is 12.5. The lowest BCUT2D eigenvalue weighted by Crippen LogP contribution is -2.48. The van der Waals surface area contributed by atoms with E-state index in [1.807, 2.05) is 42.5 Å². The van der Waals surface area contributed by atoms with Gasteiger partial charge in [-0.25, -0.2) is 0 Å². The molecule has 150 valence electrons. The summed E-state index contributed by atoms with van der Waals surface area (Å²) in [6, 6.07) is 22.1. The third kappa shape index (κ3) is 3.08. The summed E-state index contributed by atoms with van der Waals surface area (Å²) in [5.41, 5.74) is 6.21. The van der Waals surface area contributed by atoms with E-state index in [0.717, 1.165) is 16.7 Å². The summed E-state index contributed by atoms with van der Waals surface area (Å²) in [6.07, 6.45) is 0.413. The van der Waals surface area contributed by atoms with Crippen molar-refractivity contribution in [1.29, 1.82) is 0 Å². The highest BCUT2D eigenvalue weighted by molar-refractivity contribution is 5.82. The predicted molar refractivity (Wildman–Crippen MR) is 112 cm³/mol. The fraction of sp³-hybridized carbons (Fsp3) is 0.200. The van der Waals surface area contributed by atoms with Crippen LogP contribution in [0.25, 0.3) is 11.1 Å². The highest BCUT2D eigenvalue weighted by Crippen LogP contribution is 2.44. The Morgan fingerprint density at radius 1 is 0.867 bits per heavy atom. The zero-order valence-corrected chi connectivity index (χ0v) is 16.2. The Labute approximate surface area is 174 Å². The first-order chi connectivity index (χ1) is 14.6. The van der Waals surface area contributed by atoms with E-state index in [0.29, 0.717) is 12.0 Å². The highest BCUT2D eigenvalue weighted by atomic mass is 16.5. The SMILES string of the molecule is O=C(OCC1c2ccccc2-c2ccccc21)[C@@H]1Cc2ccccc2[C@H](C(=O)O)N1. The molecule has 3 aromatic rings. The van der Waals surface area contributed by atoms with E-state index in [2.05, 4.69) is 29.6 Å². The van der Waals surface area contributed by atoms with Gasteiger partial charge < -0.3 is 9.84 Å². The van der Waals surface area contributed by atoms with Crippen molar-refractivity contribution in [3.8, 4) is 11.1 Å².